The van der Waals surface area contributed by atoms with Gasteiger partial charge >= 0.3 is 0 Å². The van der Waals surface area contributed by atoms with E-state index in [2.05, 4.69) is 0 Å². The topological polar surface area (TPSA) is 40.5 Å². The third kappa shape index (κ3) is 2.41. The highest BCUT2D eigenvalue weighted by Crippen LogP contribution is 2.28. The molecule has 1 saturated heterocycles. The molecule has 5 heteroatoms. The number of halogens is 2. The number of aliphatic hydroxyl groups excluding tert-OH is 1. The fraction of sp³-hybridized carbons (Fsp3) is 0.417. The van der Waals surface area contributed by atoms with E-state index in [4.69, 9.17) is 23.2 Å². The fourth-order valence-electron chi connectivity index (χ4n) is 2.12. The van der Waals surface area contributed by atoms with Crippen LogP contribution in [0.4, 0.5) is 0 Å². The maximum Gasteiger partial charge on any atom is 0.255 e. The number of nitrogens with zero attached hydrogens (tertiary/aromatic N) is 1. The van der Waals surface area contributed by atoms with Crippen LogP contribution in [0.3, 0.4) is 0 Å². The van der Waals surface area contributed by atoms with Gasteiger partial charge in [0.25, 0.3) is 5.91 Å². The average molecular weight is 274 g/mol. The van der Waals surface area contributed by atoms with Gasteiger partial charge in [0.2, 0.25) is 0 Å². The number of benzene rings is 1. The minimum absolute atomic E-state index is 0.01000. The van der Waals surface area contributed by atoms with Gasteiger partial charge in [-0.25, -0.2) is 0 Å². The van der Waals surface area contributed by atoms with Crippen LogP contribution in [0.2, 0.25) is 10.0 Å². The molecule has 1 amide bonds. The van der Waals surface area contributed by atoms with Gasteiger partial charge in [-0.1, -0.05) is 29.3 Å². The normalized spacial score (nSPS) is 19.7. The Labute approximate surface area is 110 Å². The van der Waals surface area contributed by atoms with Crippen LogP contribution in [0.1, 0.15) is 23.2 Å². The van der Waals surface area contributed by atoms with Crippen LogP contribution in [-0.2, 0) is 0 Å². The first-order chi connectivity index (χ1) is 8.15. The van der Waals surface area contributed by atoms with Gasteiger partial charge in [-0.05, 0) is 25.0 Å². The Balaban J connectivity index is 2.28. The number of carbonyl (C=O) groups is 1. The summed E-state index contributed by atoms with van der Waals surface area (Å²) in [6, 6.07) is 4.90. The summed E-state index contributed by atoms with van der Waals surface area (Å²) in [4.78, 5) is 13.9. The van der Waals surface area contributed by atoms with Gasteiger partial charge in [0.1, 0.15) is 0 Å². The van der Waals surface area contributed by atoms with Crippen molar-refractivity contribution < 1.29 is 9.90 Å². The summed E-state index contributed by atoms with van der Waals surface area (Å²) in [5.74, 6) is -0.158. The summed E-state index contributed by atoms with van der Waals surface area (Å²) in [6.07, 6.45) is 1.75. The summed E-state index contributed by atoms with van der Waals surface area (Å²) in [5.41, 5.74) is 0.402. The molecule has 0 saturated carbocycles. The summed E-state index contributed by atoms with van der Waals surface area (Å²) in [7, 11) is 0. The highest BCUT2D eigenvalue weighted by molar-refractivity contribution is 6.43. The Hall–Kier alpha value is -0.770. The average Bonchev–Trinajstić information content (AvgIpc) is 2.80. The quantitative estimate of drug-likeness (QED) is 0.900. The van der Waals surface area contributed by atoms with Crippen molar-refractivity contribution in [3.05, 3.63) is 33.8 Å². The summed E-state index contributed by atoms with van der Waals surface area (Å²) >= 11 is 11.9. The van der Waals surface area contributed by atoms with E-state index in [1.54, 1.807) is 23.1 Å². The van der Waals surface area contributed by atoms with E-state index in [9.17, 15) is 9.90 Å². The summed E-state index contributed by atoms with van der Waals surface area (Å²) in [6.45, 7) is 0.650. The maximum atomic E-state index is 12.3. The predicted molar refractivity (Wildman–Crippen MR) is 67.6 cm³/mol. The lowest BCUT2D eigenvalue weighted by molar-refractivity contribution is 0.0678. The zero-order valence-corrected chi connectivity index (χ0v) is 10.7. The molecule has 0 bridgehead atoms. The highest BCUT2D eigenvalue weighted by atomic mass is 35.5. The molecule has 3 nitrogen and oxygen atoms in total. The van der Waals surface area contributed by atoms with Gasteiger partial charge in [0.15, 0.2) is 0 Å². The van der Waals surface area contributed by atoms with E-state index < -0.39 is 0 Å². The number of amides is 1. The van der Waals surface area contributed by atoms with Gasteiger partial charge in [-0.15, -0.1) is 0 Å². The van der Waals surface area contributed by atoms with Crippen LogP contribution in [0.5, 0.6) is 0 Å². The Morgan fingerprint density at radius 2 is 2.24 bits per heavy atom. The first-order valence-electron chi connectivity index (χ1n) is 5.51. The number of aliphatic hydroxyl groups is 1. The number of carbonyl (C=O) groups excluding carboxylic acids is 1. The summed E-state index contributed by atoms with van der Waals surface area (Å²) < 4.78 is 0. The van der Waals surface area contributed by atoms with E-state index in [1.807, 2.05) is 0 Å². The van der Waals surface area contributed by atoms with Crippen molar-refractivity contribution in [2.24, 2.45) is 0 Å². The molecule has 1 aliphatic heterocycles. The molecule has 1 aromatic rings. The summed E-state index contributed by atoms with van der Waals surface area (Å²) in [5, 5.41) is 9.86. The SMILES string of the molecule is O=C(c1cccc(Cl)c1Cl)N1CCC[C@@H]1CO. The fourth-order valence-corrected chi connectivity index (χ4v) is 2.50. The van der Waals surface area contributed by atoms with Crippen molar-refractivity contribution >= 4 is 29.1 Å². The molecule has 1 atom stereocenters. The molecule has 0 spiro atoms. The number of hydrogen-bond acceptors (Lipinski definition) is 2. The highest BCUT2D eigenvalue weighted by Gasteiger charge is 2.29. The Morgan fingerprint density at radius 3 is 2.94 bits per heavy atom. The van der Waals surface area contributed by atoms with Crippen LogP contribution in [0.15, 0.2) is 18.2 Å². The van der Waals surface area contributed by atoms with Crippen molar-refractivity contribution in [3.8, 4) is 0 Å². The third-order valence-electron chi connectivity index (χ3n) is 3.03. The van der Waals surface area contributed by atoms with E-state index in [-0.39, 0.29) is 23.6 Å². The first-order valence-corrected chi connectivity index (χ1v) is 6.26. The molecule has 92 valence electrons. The number of likely N-dealkylation sites (tertiary alicyclic amines) is 1. The van der Waals surface area contributed by atoms with Gasteiger partial charge in [0, 0.05) is 6.54 Å². The monoisotopic (exact) mass is 273 g/mol. The molecule has 1 N–H and O–H groups in total. The van der Waals surface area contributed by atoms with Crippen molar-refractivity contribution in [3.63, 3.8) is 0 Å². The minimum atomic E-state index is -0.158. The molecule has 0 aliphatic carbocycles. The van der Waals surface area contributed by atoms with Crippen LogP contribution in [0.25, 0.3) is 0 Å². The largest absolute Gasteiger partial charge is 0.394 e. The zero-order chi connectivity index (χ0) is 12.4. The molecular formula is C12H13Cl2NO2. The molecule has 1 aliphatic rings. The van der Waals surface area contributed by atoms with Crippen LogP contribution in [0, 0.1) is 0 Å². The minimum Gasteiger partial charge on any atom is -0.394 e. The predicted octanol–water partition coefficient (Wildman–Crippen LogP) is 2.59. The van der Waals surface area contributed by atoms with Crippen LogP contribution in [-0.4, -0.2) is 35.1 Å². The molecule has 17 heavy (non-hydrogen) atoms. The zero-order valence-electron chi connectivity index (χ0n) is 9.20. The molecule has 1 heterocycles. The molecule has 0 radical (unpaired) electrons. The van der Waals surface area contributed by atoms with Crippen molar-refractivity contribution in [1.29, 1.82) is 0 Å². The van der Waals surface area contributed by atoms with Crippen LogP contribution >= 0.6 is 23.2 Å². The van der Waals surface area contributed by atoms with Gasteiger partial charge < -0.3 is 10.0 Å². The van der Waals surface area contributed by atoms with Gasteiger partial charge in [-0.3, -0.25) is 4.79 Å². The smallest absolute Gasteiger partial charge is 0.255 e. The third-order valence-corrected chi connectivity index (χ3v) is 3.85. The van der Waals surface area contributed by atoms with E-state index in [0.717, 1.165) is 12.8 Å². The molecule has 0 unspecified atom stereocenters. The standard InChI is InChI=1S/C12H13Cl2NO2/c13-10-5-1-4-9(11(10)14)12(17)15-6-2-3-8(15)7-16/h1,4-5,8,16H,2-3,6-7H2/t8-/m1/s1. The first kappa shape index (κ1) is 12.7. The Bertz CT molecular complexity index is 437. The molecule has 1 fully saturated rings. The number of hydrogen-bond donors (Lipinski definition) is 1. The Morgan fingerprint density at radius 1 is 1.47 bits per heavy atom. The molecule has 0 aromatic heterocycles. The van der Waals surface area contributed by atoms with Crippen molar-refractivity contribution in [1.82, 2.24) is 4.90 Å². The second-order valence-electron chi connectivity index (χ2n) is 4.08. The van der Waals surface area contributed by atoms with Gasteiger partial charge in [-0.2, -0.15) is 0 Å². The molecular weight excluding hydrogens is 261 g/mol. The number of rotatable bonds is 2. The molecule has 1 aromatic carbocycles. The van der Waals surface area contributed by atoms with Crippen LogP contribution < -0.4 is 0 Å². The maximum absolute atomic E-state index is 12.3. The Kier molecular flexibility index (Phi) is 3.92. The van der Waals surface area contributed by atoms with E-state index >= 15 is 0 Å². The van der Waals surface area contributed by atoms with Gasteiger partial charge in [0.05, 0.1) is 28.3 Å². The lowest BCUT2D eigenvalue weighted by atomic mass is 10.1. The second kappa shape index (κ2) is 5.25. The lowest BCUT2D eigenvalue weighted by Gasteiger charge is -2.23. The molecule has 2 rings (SSSR count). The van der Waals surface area contributed by atoms with Crippen molar-refractivity contribution in [2.45, 2.75) is 18.9 Å². The van der Waals surface area contributed by atoms with Crippen molar-refractivity contribution in [2.75, 3.05) is 13.2 Å². The van der Waals surface area contributed by atoms with E-state index in [1.165, 1.54) is 0 Å². The van der Waals surface area contributed by atoms with E-state index in [0.29, 0.717) is 17.1 Å². The lowest BCUT2D eigenvalue weighted by Crippen LogP contribution is -2.37. The second-order valence-corrected chi connectivity index (χ2v) is 4.86.